The van der Waals surface area contributed by atoms with E-state index in [1.165, 1.54) is 0 Å². The minimum atomic E-state index is -4.43. The number of anilines is 2. The normalized spacial score (nSPS) is 14.0. The fourth-order valence-electron chi connectivity index (χ4n) is 1.42. The first-order valence-corrected chi connectivity index (χ1v) is 6.34. The molecule has 0 saturated carbocycles. The Morgan fingerprint density at radius 3 is 2.20 bits per heavy atom. The van der Waals surface area contributed by atoms with Gasteiger partial charge in [-0.1, -0.05) is 27.7 Å². The summed E-state index contributed by atoms with van der Waals surface area (Å²) < 4.78 is 38.2. The summed E-state index contributed by atoms with van der Waals surface area (Å²) in [5.74, 6) is 5.55. The molecule has 0 spiro atoms. The van der Waals surface area contributed by atoms with Crippen LogP contribution in [0.5, 0.6) is 0 Å². The van der Waals surface area contributed by atoms with Crippen LogP contribution in [0.1, 0.15) is 33.3 Å². The predicted octanol–water partition coefficient (Wildman–Crippen LogP) is 3.48. The fourth-order valence-corrected chi connectivity index (χ4v) is 1.42. The van der Waals surface area contributed by atoms with Gasteiger partial charge in [0.1, 0.15) is 11.6 Å². The largest absolute Gasteiger partial charge is 0.416 e. The number of aromatic nitrogens is 1. The number of nitrogens with one attached hydrogen (secondary N) is 2. The summed E-state index contributed by atoms with van der Waals surface area (Å²) in [5, 5.41) is 2.93. The number of hydrogen-bond acceptors (Lipinski definition) is 4. The van der Waals surface area contributed by atoms with Crippen LogP contribution in [0, 0.1) is 11.3 Å². The molecule has 0 saturated heterocycles. The molecule has 0 fully saturated rings. The Balaban J connectivity index is 2.90. The molecule has 4 N–H and O–H groups in total. The van der Waals surface area contributed by atoms with Crippen LogP contribution >= 0.6 is 0 Å². The van der Waals surface area contributed by atoms with Crippen LogP contribution in [0.2, 0.25) is 0 Å². The second-order valence-corrected chi connectivity index (χ2v) is 5.92. The summed E-state index contributed by atoms with van der Waals surface area (Å²) in [4.78, 5) is 3.97. The Morgan fingerprint density at radius 2 is 1.75 bits per heavy atom. The topological polar surface area (TPSA) is 63.0 Å². The maximum absolute atomic E-state index is 12.7. The maximum atomic E-state index is 12.7. The third kappa shape index (κ3) is 4.56. The molecule has 0 amide bonds. The predicted molar refractivity (Wildman–Crippen MR) is 74.2 cm³/mol. The van der Waals surface area contributed by atoms with Crippen molar-refractivity contribution in [1.29, 1.82) is 0 Å². The second-order valence-electron chi connectivity index (χ2n) is 5.92. The SMILES string of the molecule is CC(CNc1cc(C(F)(F)F)cc(NN)n1)C(C)(C)C. The number of nitrogens with two attached hydrogens (primary N) is 1. The van der Waals surface area contributed by atoms with Crippen molar-refractivity contribution < 1.29 is 13.2 Å². The first kappa shape index (κ1) is 16.6. The number of hydrazine groups is 1. The number of nitrogen functional groups attached to an aromatic ring is 1. The van der Waals surface area contributed by atoms with Crippen LogP contribution in [0.3, 0.4) is 0 Å². The molecular weight excluding hydrogens is 269 g/mol. The van der Waals surface area contributed by atoms with Gasteiger partial charge in [0.15, 0.2) is 0 Å². The van der Waals surface area contributed by atoms with Crippen molar-refractivity contribution in [2.75, 3.05) is 17.3 Å². The number of halogens is 3. The average Bonchev–Trinajstić information content (AvgIpc) is 2.33. The molecule has 7 heteroatoms. The highest BCUT2D eigenvalue weighted by Gasteiger charge is 2.31. The lowest BCUT2D eigenvalue weighted by atomic mass is 9.82. The van der Waals surface area contributed by atoms with E-state index < -0.39 is 11.7 Å². The standard InChI is InChI=1S/C13H21F3N4/c1-8(12(2,3)4)7-18-10-5-9(13(14,15)16)6-11(19-10)20-17/h5-6,8H,7,17H2,1-4H3,(H2,18,19,20). The van der Waals surface area contributed by atoms with Gasteiger partial charge in [-0.15, -0.1) is 0 Å². The van der Waals surface area contributed by atoms with Gasteiger partial charge in [0, 0.05) is 6.54 Å². The van der Waals surface area contributed by atoms with Gasteiger partial charge in [-0.3, -0.25) is 0 Å². The Morgan fingerprint density at radius 1 is 1.20 bits per heavy atom. The minimum absolute atomic E-state index is 0.0225. The highest BCUT2D eigenvalue weighted by Crippen LogP contribution is 2.32. The number of nitrogens with zero attached hydrogens (tertiary/aromatic N) is 1. The minimum Gasteiger partial charge on any atom is -0.370 e. The van der Waals surface area contributed by atoms with E-state index >= 15 is 0 Å². The lowest BCUT2D eigenvalue weighted by molar-refractivity contribution is -0.137. The van der Waals surface area contributed by atoms with E-state index in [-0.39, 0.29) is 23.0 Å². The first-order valence-electron chi connectivity index (χ1n) is 6.34. The molecule has 1 atom stereocenters. The van der Waals surface area contributed by atoms with Crippen molar-refractivity contribution in [1.82, 2.24) is 4.98 Å². The van der Waals surface area contributed by atoms with Crippen LogP contribution in [0.4, 0.5) is 24.8 Å². The number of pyridine rings is 1. The lowest BCUT2D eigenvalue weighted by Crippen LogP contribution is -2.25. The van der Waals surface area contributed by atoms with Crippen molar-refractivity contribution >= 4 is 11.6 Å². The zero-order valence-corrected chi connectivity index (χ0v) is 12.1. The molecule has 0 radical (unpaired) electrons. The second kappa shape index (κ2) is 5.87. The molecule has 0 bridgehead atoms. The van der Waals surface area contributed by atoms with E-state index in [4.69, 9.17) is 5.84 Å². The zero-order valence-electron chi connectivity index (χ0n) is 12.1. The lowest BCUT2D eigenvalue weighted by Gasteiger charge is -2.27. The molecule has 114 valence electrons. The van der Waals surface area contributed by atoms with Gasteiger partial charge in [-0.05, 0) is 23.5 Å². The quantitative estimate of drug-likeness (QED) is 0.587. The summed E-state index contributed by atoms with van der Waals surface area (Å²) in [6.45, 7) is 8.79. The molecule has 1 rings (SSSR count). The molecule has 0 aliphatic carbocycles. The maximum Gasteiger partial charge on any atom is 0.416 e. The van der Waals surface area contributed by atoms with E-state index in [0.717, 1.165) is 12.1 Å². The smallest absolute Gasteiger partial charge is 0.370 e. The van der Waals surface area contributed by atoms with E-state index in [1.54, 1.807) is 0 Å². The molecule has 1 aromatic heterocycles. The Kier molecular flexibility index (Phi) is 4.86. The molecule has 0 aliphatic rings. The Hall–Kier alpha value is -1.50. The molecule has 1 heterocycles. The van der Waals surface area contributed by atoms with Crippen molar-refractivity contribution in [3.8, 4) is 0 Å². The molecular formula is C13H21F3N4. The molecule has 20 heavy (non-hydrogen) atoms. The molecule has 0 aromatic carbocycles. The molecule has 0 aliphatic heterocycles. The number of hydrogen-bond donors (Lipinski definition) is 3. The number of alkyl halides is 3. The summed E-state index contributed by atoms with van der Waals surface area (Å²) in [6.07, 6.45) is -4.43. The molecule has 4 nitrogen and oxygen atoms in total. The van der Waals surface area contributed by atoms with Gasteiger partial charge in [-0.25, -0.2) is 10.8 Å². The molecule has 1 unspecified atom stereocenters. The zero-order chi connectivity index (χ0) is 15.6. The average molecular weight is 290 g/mol. The van der Waals surface area contributed by atoms with Gasteiger partial charge >= 0.3 is 6.18 Å². The third-order valence-corrected chi connectivity index (χ3v) is 3.37. The van der Waals surface area contributed by atoms with E-state index in [0.29, 0.717) is 6.54 Å². The van der Waals surface area contributed by atoms with Crippen molar-refractivity contribution in [2.24, 2.45) is 17.2 Å². The van der Waals surface area contributed by atoms with E-state index in [1.807, 2.05) is 6.92 Å². The summed E-state index contributed by atoms with van der Waals surface area (Å²) in [7, 11) is 0. The van der Waals surface area contributed by atoms with Gasteiger partial charge in [0.2, 0.25) is 0 Å². The highest BCUT2D eigenvalue weighted by molar-refractivity contribution is 5.49. The van der Waals surface area contributed by atoms with Crippen LogP contribution < -0.4 is 16.6 Å². The van der Waals surface area contributed by atoms with Crippen molar-refractivity contribution in [3.05, 3.63) is 17.7 Å². The summed E-state index contributed by atoms with van der Waals surface area (Å²) in [5.41, 5.74) is 1.42. The van der Waals surface area contributed by atoms with Crippen LogP contribution in [0.25, 0.3) is 0 Å². The van der Waals surface area contributed by atoms with Crippen molar-refractivity contribution in [3.63, 3.8) is 0 Å². The summed E-state index contributed by atoms with van der Waals surface area (Å²) >= 11 is 0. The first-order chi connectivity index (χ1) is 9.04. The number of rotatable bonds is 4. The van der Waals surface area contributed by atoms with Gasteiger partial charge in [-0.2, -0.15) is 13.2 Å². The van der Waals surface area contributed by atoms with Crippen LogP contribution in [0.15, 0.2) is 12.1 Å². The van der Waals surface area contributed by atoms with E-state index in [9.17, 15) is 13.2 Å². The van der Waals surface area contributed by atoms with Crippen molar-refractivity contribution in [2.45, 2.75) is 33.9 Å². The molecule has 1 aromatic rings. The summed E-state index contributed by atoms with van der Waals surface area (Å²) in [6, 6.07) is 1.86. The van der Waals surface area contributed by atoms with Gasteiger partial charge in [0.05, 0.1) is 5.56 Å². The van der Waals surface area contributed by atoms with E-state index in [2.05, 4.69) is 36.5 Å². The van der Waals surface area contributed by atoms with Crippen LogP contribution in [-0.2, 0) is 6.18 Å². The van der Waals surface area contributed by atoms with Crippen LogP contribution in [-0.4, -0.2) is 11.5 Å². The van der Waals surface area contributed by atoms with Gasteiger partial charge in [0.25, 0.3) is 0 Å². The Labute approximate surface area is 116 Å². The third-order valence-electron chi connectivity index (χ3n) is 3.37. The van der Waals surface area contributed by atoms with Gasteiger partial charge < -0.3 is 10.7 Å². The Bertz CT molecular complexity index is 452. The monoisotopic (exact) mass is 290 g/mol. The highest BCUT2D eigenvalue weighted by atomic mass is 19.4. The fraction of sp³-hybridized carbons (Fsp3) is 0.615.